The number of hydrogen-bond acceptors (Lipinski definition) is 6. The molecule has 0 amide bonds. The summed E-state index contributed by atoms with van der Waals surface area (Å²) < 4.78 is 9.66. The molecule has 0 unspecified atom stereocenters. The second kappa shape index (κ2) is 20.6. The number of aromatic hydroxyl groups is 1. The van der Waals surface area contributed by atoms with E-state index < -0.39 is 0 Å². The first-order valence-electron chi connectivity index (χ1n) is 20.8. The van der Waals surface area contributed by atoms with Crippen LogP contribution in [-0.4, -0.2) is 45.9 Å². The van der Waals surface area contributed by atoms with Gasteiger partial charge in [-0.3, -0.25) is 8.80 Å². The lowest BCUT2D eigenvalue weighted by atomic mass is 10.1. The highest BCUT2D eigenvalue weighted by molar-refractivity contribution is 14.1. The van der Waals surface area contributed by atoms with Crippen LogP contribution in [0.4, 0.5) is 0 Å². The van der Waals surface area contributed by atoms with E-state index in [0.29, 0.717) is 37.0 Å². The normalized spacial score (nSPS) is 10.8. The predicted molar refractivity (Wildman–Crippen MR) is 262 cm³/mol. The van der Waals surface area contributed by atoms with Gasteiger partial charge >= 0.3 is 0 Å². The van der Waals surface area contributed by atoms with Crippen LogP contribution in [0, 0.1) is 0 Å². The van der Waals surface area contributed by atoms with Crippen LogP contribution in [-0.2, 0) is 25.7 Å². The monoisotopic (exact) mass is 938 g/mol. The molecule has 0 saturated carbocycles. The fourth-order valence-electron chi connectivity index (χ4n) is 7.62. The summed E-state index contributed by atoms with van der Waals surface area (Å²) in [5.41, 5.74) is 13.3. The molecular formula is C54H47IN6O2. The molecule has 4 aromatic heterocycles. The fourth-order valence-corrected chi connectivity index (χ4v) is 7.62. The number of rotatable bonds is 11. The van der Waals surface area contributed by atoms with Crippen molar-refractivity contribution in [1.29, 1.82) is 0 Å². The van der Waals surface area contributed by atoms with E-state index in [1.807, 2.05) is 143 Å². The molecule has 8 nitrogen and oxygen atoms in total. The molecule has 312 valence electrons. The van der Waals surface area contributed by atoms with Crippen molar-refractivity contribution in [3.63, 3.8) is 0 Å². The van der Waals surface area contributed by atoms with E-state index in [-0.39, 0.29) is 5.88 Å². The van der Waals surface area contributed by atoms with E-state index in [2.05, 4.69) is 83.3 Å². The van der Waals surface area contributed by atoms with Gasteiger partial charge in [0.1, 0.15) is 11.4 Å². The molecule has 0 aliphatic rings. The molecular weight excluding hydrogens is 892 g/mol. The van der Waals surface area contributed by atoms with Gasteiger partial charge in [0.15, 0.2) is 11.3 Å². The maximum atomic E-state index is 11.0. The first-order chi connectivity index (χ1) is 31.1. The van der Waals surface area contributed by atoms with Gasteiger partial charge in [0.2, 0.25) is 11.8 Å². The van der Waals surface area contributed by atoms with Gasteiger partial charge in [-0.15, -0.1) is 0 Å². The molecule has 10 aromatic rings. The van der Waals surface area contributed by atoms with Gasteiger partial charge in [0.25, 0.3) is 0 Å². The molecule has 0 saturated heterocycles. The van der Waals surface area contributed by atoms with Gasteiger partial charge in [-0.2, -0.15) is 0 Å². The lowest BCUT2D eigenvalue weighted by molar-refractivity contribution is 0.389. The summed E-state index contributed by atoms with van der Waals surface area (Å²) in [7, 11) is 1.71. The van der Waals surface area contributed by atoms with Gasteiger partial charge in [-0.1, -0.05) is 205 Å². The molecule has 0 spiro atoms. The van der Waals surface area contributed by atoms with Gasteiger partial charge in [-0.05, 0) is 27.2 Å². The summed E-state index contributed by atoms with van der Waals surface area (Å²) in [5, 5.41) is 11.0. The van der Waals surface area contributed by atoms with Crippen LogP contribution in [0.15, 0.2) is 194 Å². The minimum Gasteiger partial charge on any atom is -0.493 e. The van der Waals surface area contributed by atoms with Crippen molar-refractivity contribution < 1.29 is 9.84 Å². The second-order valence-corrected chi connectivity index (χ2v) is 14.9. The van der Waals surface area contributed by atoms with E-state index in [1.165, 1.54) is 11.1 Å². The van der Waals surface area contributed by atoms with E-state index in [0.717, 1.165) is 62.3 Å². The third-order valence-electron chi connectivity index (χ3n) is 10.6. The van der Waals surface area contributed by atoms with Crippen LogP contribution in [0.2, 0.25) is 0 Å². The molecule has 10 rings (SSSR count). The maximum absolute atomic E-state index is 11.0. The van der Waals surface area contributed by atoms with Crippen molar-refractivity contribution >= 4 is 33.9 Å². The highest BCUT2D eigenvalue weighted by Crippen LogP contribution is 2.30. The molecule has 0 radical (unpaired) electrons. The standard InChI is InChI=1S/C27H23N3O.C26H21N3O.CH3I/c1-31-27-24(18-21-13-7-3-8-14-21)29-26-23(17-20-11-5-2-6-12-20)28-25(19-30(26)27)22-15-9-4-10-16-22;30-26-23(17-20-12-6-2-7-13-20)28-25-22(16-19-10-4-1-5-11-19)27-24(18-29(25)26)21-14-8-3-9-15-21;1-2/h2-16,19H,17-18H2,1H3;1-15,18,30H,16-17H2;1H3. The molecule has 4 heterocycles. The zero-order valence-electron chi connectivity index (χ0n) is 35.2. The Morgan fingerprint density at radius 1 is 0.413 bits per heavy atom. The number of aromatic nitrogens is 6. The summed E-state index contributed by atoms with van der Waals surface area (Å²) in [6.45, 7) is 0. The average Bonchev–Trinajstić information content (AvgIpc) is 3.87. The molecule has 6 aromatic carbocycles. The summed E-state index contributed by atoms with van der Waals surface area (Å²) in [4.78, 5) is 21.7. The number of methoxy groups -OCH3 is 1. The molecule has 1 N–H and O–H groups in total. The number of hydrogen-bond donors (Lipinski definition) is 1. The minimum atomic E-state index is 0.169. The number of nitrogens with zero attached hydrogens (tertiary/aromatic N) is 6. The first-order valence-corrected chi connectivity index (χ1v) is 22.9. The molecule has 0 fully saturated rings. The van der Waals surface area contributed by atoms with Crippen LogP contribution < -0.4 is 4.74 Å². The van der Waals surface area contributed by atoms with Crippen molar-refractivity contribution in [2.75, 3.05) is 12.0 Å². The zero-order valence-corrected chi connectivity index (χ0v) is 37.4. The molecule has 0 atom stereocenters. The fraction of sp³-hybridized carbons (Fsp3) is 0.111. The summed E-state index contributed by atoms with van der Waals surface area (Å²) in [6, 6.07) is 61.3. The largest absolute Gasteiger partial charge is 0.493 e. The Kier molecular flexibility index (Phi) is 13.9. The maximum Gasteiger partial charge on any atom is 0.221 e. The van der Waals surface area contributed by atoms with E-state index in [4.69, 9.17) is 24.7 Å². The predicted octanol–water partition coefficient (Wildman–Crippen LogP) is 11.9. The van der Waals surface area contributed by atoms with Crippen molar-refractivity contribution in [3.05, 3.63) is 239 Å². The van der Waals surface area contributed by atoms with Gasteiger partial charge in [0.05, 0.1) is 29.9 Å². The number of ether oxygens (including phenoxy) is 1. The Labute approximate surface area is 381 Å². The number of alkyl halides is 1. The number of benzene rings is 6. The van der Waals surface area contributed by atoms with Crippen LogP contribution >= 0.6 is 22.6 Å². The van der Waals surface area contributed by atoms with Crippen molar-refractivity contribution in [2.45, 2.75) is 25.7 Å². The second-order valence-electron chi connectivity index (χ2n) is 14.9. The zero-order chi connectivity index (χ0) is 43.4. The van der Waals surface area contributed by atoms with E-state index in [9.17, 15) is 5.11 Å². The van der Waals surface area contributed by atoms with E-state index in [1.54, 1.807) is 11.5 Å². The smallest absolute Gasteiger partial charge is 0.221 e. The molecule has 0 aliphatic heterocycles. The minimum absolute atomic E-state index is 0.169. The molecule has 0 bridgehead atoms. The van der Waals surface area contributed by atoms with Gasteiger partial charge in [-0.25, -0.2) is 19.9 Å². The molecule has 0 aliphatic carbocycles. The van der Waals surface area contributed by atoms with Crippen molar-refractivity contribution in [3.8, 4) is 34.3 Å². The number of halogens is 1. The summed E-state index contributed by atoms with van der Waals surface area (Å²) >= 11 is 2.15. The lowest BCUT2D eigenvalue weighted by Crippen LogP contribution is -2.02. The van der Waals surface area contributed by atoms with Crippen LogP contribution in [0.3, 0.4) is 0 Å². The van der Waals surface area contributed by atoms with Crippen LogP contribution in [0.25, 0.3) is 33.8 Å². The third-order valence-corrected chi connectivity index (χ3v) is 10.6. The number of imidazole rings is 2. The number of fused-ring (bicyclic) bond motifs is 2. The highest BCUT2D eigenvalue weighted by atomic mass is 127. The Balaban J connectivity index is 0.000000166. The molecule has 9 heteroatoms. The summed E-state index contributed by atoms with van der Waals surface area (Å²) in [5.74, 6) is 0.926. The third kappa shape index (κ3) is 10.2. The van der Waals surface area contributed by atoms with Gasteiger partial charge in [0, 0.05) is 49.2 Å². The topological polar surface area (TPSA) is 89.8 Å². The first kappa shape index (κ1) is 42.6. The Hall–Kier alpha value is -7.11. The van der Waals surface area contributed by atoms with Crippen molar-refractivity contribution in [2.24, 2.45) is 0 Å². The Morgan fingerprint density at radius 3 is 1.13 bits per heavy atom. The van der Waals surface area contributed by atoms with Crippen molar-refractivity contribution in [1.82, 2.24) is 28.7 Å². The highest BCUT2D eigenvalue weighted by Gasteiger charge is 2.20. The van der Waals surface area contributed by atoms with Crippen LogP contribution in [0.1, 0.15) is 45.0 Å². The average molecular weight is 939 g/mol. The Bertz CT molecular complexity index is 3000. The van der Waals surface area contributed by atoms with Crippen LogP contribution in [0.5, 0.6) is 11.8 Å². The SMILES string of the molecule is CI.COc1c(Cc2ccccc2)nc2c(Cc3ccccc3)nc(-c3ccccc3)cn12.Oc1c(Cc2ccccc2)nc2c(Cc3ccccc3)nc(-c3ccccc3)cn12. The molecule has 63 heavy (non-hydrogen) atoms. The quantitative estimate of drug-likeness (QED) is 0.103. The summed E-state index contributed by atoms with van der Waals surface area (Å²) in [6.07, 6.45) is 6.52. The van der Waals surface area contributed by atoms with E-state index >= 15 is 0 Å². The Morgan fingerprint density at radius 2 is 0.730 bits per heavy atom. The lowest BCUT2D eigenvalue weighted by Gasteiger charge is -2.09. The van der Waals surface area contributed by atoms with Gasteiger partial charge < -0.3 is 9.84 Å².